The summed E-state index contributed by atoms with van der Waals surface area (Å²) in [4.78, 5) is 20.3. The molecule has 0 aliphatic rings. The molecule has 0 aromatic carbocycles. The zero-order chi connectivity index (χ0) is 14.4. The van der Waals surface area contributed by atoms with Gasteiger partial charge in [0.1, 0.15) is 11.5 Å². The highest BCUT2D eigenvalue weighted by Crippen LogP contribution is 2.08. The fourth-order valence-electron chi connectivity index (χ4n) is 1.58. The summed E-state index contributed by atoms with van der Waals surface area (Å²) in [6.45, 7) is 2.12. The van der Waals surface area contributed by atoms with Gasteiger partial charge in [0.15, 0.2) is 0 Å². The summed E-state index contributed by atoms with van der Waals surface area (Å²) >= 11 is 0. The lowest BCUT2D eigenvalue weighted by molar-refractivity contribution is 0.102. The van der Waals surface area contributed by atoms with Crippen molar-refractivity contribution >= 4 is 11.7 Å². The van der Waals surface area contributed by atoms with Crippen LogP contribution < -0.4 is 11.1 Å². The minimum atomic E-state index is -0.301. The standard InChI is InChI=1S/C15H14N4O/c1-11-4-2-6-13(18-11)15(20)19-14-10-12(5-3-8-16)7-9-17-14/h2,4,6-7,9-10H,8,16H2,1H3,(H,17,19,20). The zero-order valence-electron chi connectivity index (χ0n) is 11.1. The van der Waals surface area contributed by atoms with Crippen molar-refractivity contribution in [1.82, 2.24) is 9.97 Å². The number of aryl methyl sites for hydroxylation is 1. The van der Waals surface area contributed by atoms with E-state index in [2.05, 4.69) is 27.1 Å². The van der Waals surface area contributed by atoms with Crippen molar-refractivity contribution in [2.45, 2.75) is 6.92 Å². The van der Waals surface area contributed by atoms with E-state index in [0.29, 0.717) is 11.5 Å². The maximum atomic E-state index is 12.0. The number of nitrogens with zero attached hydrogens (tertiary/aromatic N) is 2. The molecule has 0 bridgehead atoms. The Morgan fingerprint density at radius 3 is 3.00 bits per heavy atom. The molecule has 0 aliphatic heterocycles. The molecule has 0 radical (unpaired) electrons. The summed E-state index contributed by atoms with van der Waals surface area (Å²) in [5.41, 5.74) is 7.20. The summed E-state index contributed by atoms with van der Waals surface area (Å²) in [5.74, 6) is 5.77. The predicted octanol–water partition coefficient (Wildman–Crippen LogP) is 1.35. The van der Waals surface area contributed by atoms with E-state index in [1.54, 1.807) is 30.5 Å². The van der Waals surface area contributed by atoms with Crippen LogP contribution >= 0.6 is 0 Å². The van der Waals surface area contributed by atoms with Crippen molar-refractivity contribution in [2.75, 3.05) is 11.9 Å². The SMILES string of the molecule is Cc1cccc(C(=O)Nc2cc(C#CCN)ccn2)n1. The van der Waals surface area contributed by atoms with E-state index in [0.717, 1.165) is 11.3 Å². The highest BCUT2D eigenvalue weighted by molar-refractivity contribution is 6.02. The topological polar surface area (TPSA) is 80.9 Å². The van der Waals surface area contributed by atoms with Crippen LogP contribution in [0.2, 0.25) is 0 Å². The Kier molecular flexibility index (Phi) is 4.43. The fourth-order valence-corrected chi connectivity index (χ4v) is 1.58. The lowest BCUT2D eigenvalue weighted by atomic mass is 10.2. The number of hydrogen-bond acceptors (Lipinski definition) is 4. The number of nitrogens with one attached hydrogen (secondary N) is 1. The molecule has 2 aromatic rings. The monoisotopic (exact) mass is 266 g/mol. The Bertz CT molecular complexity index is 686. The van der Waals surface area contributed by atoms with Crippen molar-refractivity contribution in [1.29, 1.82) is 0 Å². The molecular weight excluding hydrogens is 252 g/mol. The normalized spacial score (nSPS) is 9.50. The van der Waals surface area contributed by atoms with Crippen LogP contribution in [0, 0.1) is 18.8 Å². The fraction of sp³-hybridized carbons (Fsp3) is 0.133. The zero-order valence-corrected chi connectivity index (χ0v) is 11.1. The molecule has 2 rings (SSSR count). The second-order valence-electron chi connectivity index (χ2n) is 4.05. The van der Waals surface area contributed by atoms with E-state index in [9.17, 15) is 4.79 Å². The second kappa shape index (κ2) is 6.45. The van der Waals surface area contributed by atoms with Crippen LogP contribution in [-0.4, -0.2) is 22.4 Å². The van der Waals surface area contributed by atoms with Crippen LogP contribution in [0.3, 0.4) is 0 Å². The van der Waals surface area contributed by atoms with Crippen molar-refractivity contribution in [3.63, 3.8) is 0 Å². The Labute approximate surface area is 117 Å². The molecule has 5 nitrogen and oxygen atoms in total. The summed E-state index contributed by atoms with van der Waals surface area (Å²) in [7, 11) is 0. The number of anilines is 1. The molecule has 0 aliphatic carbocycles. The highest BCUT2D eigenvalue weighted by atomic mass is 16.1. The third kappa shape index (κ3) is 3.64. The maximum absolute atomic E-state index is 12.0. The largest absolute Gasteiger partial charge is 0.320 e. The quantitative estimate of drug-likeness (QED) is 0.804. The first-order chi connectivity index (χ1) is 9.69. The number of aromatic nitrogens is 2. The van der Waals surface area contributed by atoms with Crippen LogP contribution in [-0.2, 0) is 0 Å². The predicted molar refractivity (Wildman–Crippen MR) is 77.1 cm³/mol. The Morgan fingerprint density at radius 2 is 2.25 bits per heavy atom. The van der Waals surface area contributed by atoms with Gasteiger partial charge in [0.2, 0.25) is 0 Å². The van der Waals surface area contributed by atoms with Crippen LogP contribution in [0.4, 0.5) is 5.82 Å². The minimum Gasteiger partial charge on any atom is -0.320 e. The van der Waals surface area contributed by atoms with E-state index in [4.69, 9.17) is 5.73 Å². The first kappa shape index (κ1) is 13.7. The van der Waals surface area contributed by atoms with Crippen LogP contribution in [0.1, 0.15) is 21.7 Å². The number of amides is 1. The van der Waals surface area contributed by atoms with Gasteiger partial charge in [0.05, 0.1) is 6.54 Å². The average molecular weight is 266 g/mol. The summed E-state index contributed by atoms with van der Waals surface area (Å²) < 4.78 is 0. The first-order valence-corrected chi connectivity index (χ1v) is 6.09. The number of carbonyl (C=O) groups is 1. The Balaban J connectivity index is 2.15. The van der Waals surface area contributed by atoms with Gasteiger partial charge in [-0.25, -0.2) is 9.97 Å². The van der Waals surface area contributed by atoms with Gasteiger partial charge in [0.25, 0.3) is 5.91 Å². The van der Waals surface area contributed by atoms with Crippen LogP contribution in [0.5, 0.6) is 0 Å². The molecule has 2 aromatic heterocycles. The minimum absolute atomic E-state index is 0.289. The van der Waals surface area contributed by atoms with Gasteiger partial charge >= 0.3 is 0 Å². The Hall–Kier alpha value is -2.71. The van der Waals surface area contributed by atoms with Gasteiger partial charge in [-0.1, -0.05) is 17.9 Å². The molecule has 0 saturated heterocycles. The van der Waals surface area contributed by atoms with Gasteiger partial charge < -0.3 is 11.1 Å². The highest BCUT2D eigenvalue weighted by Gasteiger charge is 2.08. The summed E-state index contributed by atoms with van der Waals surface area (Å²) in [6.07, 6.45) is 1.58. The molecule has 20 heavy (non-hydrogen) atoms. The van der Waals surface area contributed by atoms with E-state index in [1.165, 1.54) is 0 Å². The van der Waals surface area contributed by atoms with E-state index in [1.807, 2.05) is 13.0 Å². The van der Waals surface area contributed by atoms with Gasteiger partial charge in [-0.3, -0.25) is 4.79 Å². The van der Waals surface area contributed by atoms with Crippen LogP contribution in [0.15, 0.2) is 36.5 Å². The molecule has 0 fully saturated rings. The number of rotatable bonds is 2. The maximum Gasteiger partial charge on any atom is 0.275 e. The van der Waals surface area contributed by atoms with Crippen LogP contribution in [0.25, 0.3) is 0 Å². The molecule has 100 valence electrons. The van der Waals surface area contributed by atoms with Crippen molar-refractivity contribution in [3.8, 4) is 11.8 Å². The van der Waals surface area contributed by atoms with Crippen molar-refractivity contribution in [2.24, 2.45) is 5.73 Å². The first-order valence-electron chi connectivity index (χ1n) is 6.09. The lowest BCUT2D eigenvalue weighted by Gasteiger charge is -2.04. The van der Waals surface area contributed by atoms with E-state index in [-0.39, 0.29) is 12.5 Å². The van der Waals surface area contributed by atoms with Gasteiger partial charge in [-0.05, 0) is 31.2 Å². The molecule has 3 N–H and O–H groups in total. The molecule has 0 saturated carbocycles. The van der Waals surface area contributed by atoms with Gasteiger partial charge in [-0.15, -0.1) is 0 Å². The smallest absolute Gasteiger partial charge is 0.275 e. The van der Waals surface area contributed by atoms with Gasteiger partial charge in [0, 0.05) is 17.5 Å². The molecule has 5 heteroatoms. The third-order valence-electron chi connectivity index (χ3n) is 2.46. The number of hydrogen-bond donors (Lipinski definition) is 2. The molecule has 0 spiro atoms. The molecule has 0 atom stereocenters. The lowest BCUT2D eigenvalue weighted by Crippen LogP contribution is -2.14. The summed E-state index contributed by atoms with van der Waals surface area (Å²) in [6, 6.07) is 8.71. The Morgan fingerprint density at radius 1 is 1.40 bits per heavy atom. The van der Waals surface area contributed by atoms with E-state index < -0.39 is 0 Å². The van der Waals surface area contributed by atoms with Gasteiger partial charge in [-0.2, -0.15) is 0 Å². The van der Waals surface area contributed by atoms with Crippen molar-refractivity contribution < 1.29 is 4.79 Å². The summed E-state index contributed by atoms with van der Waals surface area (Å²) in [5, 5.41) is 2.69. The van der Waals surface area contributed by atoms with E-state index >= 15 is 0 Å². The molecule has 0 unspecified atom stereocenters. The molecular formula is C15H14N4O. The number of carbonyl (C=O) groups excluding carboxylic acids is 1. The average Bonchev–Trinajstić information content (AvgIpc) is 2.45. The van der Waals surface area contributed by atoms with Crippen molar-refractivity contribution in [3.05, 3.63) is 53.5 Å². The molecule has 2 heterocycles. The molecule has 1 amide bonds. The third-order valence-corrected chi connectivity index (χ3v) is 2.46. The second-order valence-corrected chi connectivity index (χ2v) is 4.05. The number of pyridine rings is 2. The number of nitrogens with two attached hydrogens (primary N) is 1.